The number of aromatic nitrogens is 1. The summed E-state index contributed by atoms with van der Waals surface area (Å²) in [6.07, 6.45) is 0. The second-order valence-corrected chi connectivity index (χ2v) is 10.2. The topological polar surface area (TPSA) is 96.4 Å². The van der Waals surface area contributed by atoms with Crippen LogP contribution in [-0.2, 0) is 10.0 Å². The fourth-order valence-electron chi connectivity index (χ4n) is 1.44. The number of aromatic carboxylic acids is 1. The molecule has 2 N–H and O–H groups in total. The van der Waals surface area contributed by atoms with Crippen LogP contribution in [0.4, 0.5) is 0 Å². The standard InChI is InChI=1S/C10H8Br2N2O4S3/c1-4(9-13-5(3-19-9)10(15)16)14-21(17,18)6-2-7(11)20-8(6)12/h2-4,14H,1H3,(H,15,16). The van der Waals surface area contributed by atoms with Gasteiger partial charge in [0.25, 0.3) is 0 Å². The molecule has 1 unspecified atom stereocenters. The minimum absolute atomic E-state index is 0.0968. The molecule has 2 aromatic heterocycles. The second kappa shape index (κ2) is 6.42. The molecule has 0 radical (unpaired) electrons. The van der Waals surface area contributed by atoms with Crippen molar-refractivity contribution < 1.29 is 18.3 Å². The van der Waals surface area contributed by atoms with Gasteiger partial charge in [-0.3, -0.25) is 0 Å². The largest absolute Gasteiger partial charge is 0.476 e. The molecular formula is C10H8Br2N2O4S3. The second-order valence-electron chi connectivity index (χ2n) is 3.91. The first kappa shape index (κ1) is 17.0. The molecule has 21 heavy (non-hydrogen) atoms. The summed E-state index contributed by atoms with van der Waals surface area (Å²) in [4.78, 5) is 14.8. The van der Waals surface area contributed by atoms with Crippen LogP contribution in [0.2, 0.25) is 0 Å². The average molecular weight is 476 g/mol. The van der Waals surface area contributed by atoms with Crippen molar-refractivity contribution >= 4 is 70.5 Å². The zero-order valence-corrected chi connectivity index (χ0v) is 16.0. The molecule has 114 valence electrons. The monoisotopic (exact) mass is 474 g/mol. The third kappa shape index (κ3) is 3.90. The van der Waals surface area contributed by atoms with Gasteiger partial charge in [-0.15, -0.1) is 22.7 Å². The van der Waals surface area contributed by atoms with E-state index in [4.69, 9.17) is 5.11 Å². The van der Waals surface area contributed by atoms with E-state index in [1.54, 1.807) is 6.92 Å². The summed E-state index contributed by atoms with van der Waals surface area (Å²) in [5, 5.41) is 10.6. The van der Waals surface area contributed by atoms with E-state index in [9.17, 15) is 13.2 Å². The molecule has 11 heteroatoms. The van der Waals surface area contributed by atoms with Crippen LogP contribution in [0.15, 0.2) is 23.9 Å². The van der Waals surface area contributed by atoms with Gasteiger partial charge >= 0.3 is 5.97 Å². The zero-order valence-electron chi connectivity index (χ0n) is 10.3. The first-order valence-corrected chi connectivity index (χ1v) is 10.1. The van der Waals surface area contributed by atoms with Crippen molar-refractivity contribution in [3.63, 3.8) is 0 Å². The molecule has 0 aliphatic carbocycles. The van der Waals surface area contributed by atoms with Gasteiger partial charge in [0, 0.05) is 5.38 Å². The maximum atomic E-state index is 12.3. The Morgan fingerprint density at radius 2 is 2.14 bits per heavy atom. The van der Waals surface area contributed by atoms with E-state index >= 15 is 0 Å². The summed E-state index contributed by atoms with van der Waals surface area (Å²) in [7, 11) is -3.73. The number of sulfonamides is 1. The van der Waals surface area contributed by atoms with Crippen LogP contribution < -0.4 is 4.72 Å². The van der Waals surface area contributed by atoms with Crippen LogP contribution in [0, 0.1) is 0 Å². The predicted molar refractivity (Wildman–Crippen MR) is 87.5 cm³/mol. The number of rotatable bonds is 5. The van der Waals surface area contributed by atoms with Gasteiger partial charge in [-0.1, -0.05) is 0 Å². The Bertz CT molecular complexity index is 784. The summed E-state index contributed by atoms with van der Waals surface area (Å²) in [5.74, 6) is -1.14. The van der Waals surface area contributed by atoms with E-state index in [1.807, 2.05) is 0 Å². The van der Waals surface area contributed by atoms with Gasteiger partial charge in [0.15, 0.2) is 5.69 Å². The summed E-state index contributed by atoms with van der Waals surface area (Å²) in [6.45, 7) is 1.61. The van der Waals surface area contributed by atoms with Crippen LogP contribution in [0.25, 0.3) is 0 Å². The lowest BCUT2D eigenvalue weighted by Crippen LogP contribution is -2.26. The lowest BCUT2D eigenvalue weighted by Gasteiger charge is -2.11. The summed E-state index contributed by atoms with van der Waals surface area (Å²) >= 11 is 8.77. The number of thiazole rings is 1. The van der Waals surface area contributed by atoms with E-state index in [2.05, 4.69) is 41.6 Å². The van der Waals surface area contributed by atoms with Gasteiger partial charge in [-0.05, 0) is 44.8 Å². The number of hydrogen-bond acceptors (Lipinski definition) is 6. The van der Waals surface area contributed by atoms with E-state index < -0.39 is 22.0 Å². The lowest BCUT2D eigenvalue weighted by atomic mass is 10.4. The summed E-state index contributed by atoms with van der Waals surface area (Å²) in [5.41, 5.74) is -0.0968. The Morgan fingerprint density at radius 1 is 1.48 bits per heavy atom. The molecule has 1 atom stereocenters. The van der Waals surface area contributed by atoms with Gasteiger partial charge in [-0.2, -0.15) is 0 Å². The molecule has 2 rings (SSSR count). The summed E-state index contributed by atoms with van der Waals surface area (Å²) in [6, 6.07) is 0.868. The molecule has 0 aliphatic rings. The fourth-order valence-corrected chi connectivity index (χ4v) is 7.33. The Morgan fingerprint density at radius 3 is 2.62 bits per heavy atom. The Labute approximate surface area is 145 Å². The third-order valence-electron chi connectivity index (χ3n) is 2.36. The van der Waals surface area contributed by atoms with Crippen LogP contribution >= 0.6 is 54.5 Å². The molecule has 0 aromatic carbocycles. The molecule has 0 saturated heterocycles. The molecule has 6 nitrogen and oxygen atoms in total. The number of carboxylic acid groups (broad SMARTS) is 1. The zero-order chi connectivity index (χ0) is 15.8. The smallest absolute Gasteiger partial charge is 0.355 e. The number of nitrogens with zero attached hydrogens (tertiary/aromatic N) is 1. The van der Waals surface area contributed by atoms with Crippen molar-refractivity contribution in [2.24, 2.45) is 0 Å². The van der Waals surface area contributed by atoms with Crippen molar-refractivity contribution in [1.82, 2.24) is 9.71 Å². The lowest BCUT2D eigenvalue weighted by molar-refractivity contribution is 0.0691. The highest BCUT2D eigenvalue weighted by Crippen LogP contribution is 2.35. The maximum absolute atomic E-state index is 12.3. The summed E-state index contributed by atoms with van der Waals surface area (Å²) < 4.78 is 28.2. The van der Waals surface area contributed by atoms with Crippen molar-refractivity contribution in [3.05, 3.63) is 29.7 Å². The number of halogens is 2. The predicted octanol–water partition coefficient (Wildman–Crippen LogP) is 3.47. The normalized spacial score (nSPS) is 13.3. The molecule has 2 aromatic rings. The molecular weight excluding hydrogens is 468 g/mol. The Balaban J connectivity index is 2.23. The number of carboxylic acids is 1. The van der Waals surface area contributed by atoms with Gasteiger partial charge in [0.1, 0.15) is 9.90 Å². The van der Waals surface area contributed by atoms with Gasteiger partial charge < -0.3 is 5.11 Å². The highest BCUT2D eigenvalue weighted by atomic mass is 79.9. The Kier molecular flexibility index (Phi) is 5.21. The SMILES string of the molecule is CC(NS(=O)(=O)c1cc(Br)sc1Br)c1nc(C(=O)O)cs1. The number of thiophene rings is 1. The molecule has 0 saturated carbocycles. The molecule has 0 fully saturated rings. The minimum atomic E-state index is -3.73. The van der Waals surface area contributed by atoms with Crippen LogP contribution in [-0.4, -0.2) is 24.5 Å². The highest BCUT2D eigenvalue weighted by molar-refractivity contribution is 9.12. The maximum Gasteiger partial charge on any atom is 0.355 e. The molecule has 0 aliphatic heterocycles. The molecule has 0 amide bonds. The highest BCUT2D eigenvalue weighted by Gasteiger charge is 2.24. The average Bonchev–Trinajstić information content (AvgIpc) is 2.95. The number of carbonyl (C=O) groups is 1. The molecule has 0 spiro atoms. The Hall–Kier alpha value is -0.330. The van der Waals surface area contributed by atoms with E-state index in [1.165, 1.54) is 22.8 Å². The van der Waals surface area contributed by atoms with Crippen LogP contribution in [0.5, 0.6) is 0 Å². The first-order valence-electron chi connectivity index (χ1n) is 5.36. The van der Waals surface area contributed by atoms with Crippen molar-refractivity contribution in [1.29, 1.82) is 0 Å². The van der Waals surface area contributed by atoms with Gasteiger partial charge in [0.05, 0.1) is 13.6 Å². The number of nitrogens with one attached hydrogen (secondary N) is 1. The van der Waals surface area contributed by atoms with Gasteiger partial charge in [0.2, 0.25) is 10.0 Å². The van der Waals surface area contributed by atoms with Crippen molar-refractivity contribution in [2.45, 2.75) is 17.9 Å². The minimum Gasteiger partial charge on any atom is -0.476 e. The van der Waals surface area contributed by atoms with Gasteiger partial charge in [-0.25, -0.2) is 22.9 Å². The van der Waals surface area contributed by atoms with Crippen LogP contribution in [0.1, 0.15) is 28.5 Å². The van der Waals surface area contributed by atoms with E-state index in [-0.39, 0.29) is 10.6 Å². The molecule has 0 bridgehead atoms. The van der Waals surface area contributed by atoms with Crippen LogP contribution in [0.3, 0.4) is 0 Å². The quantitative estimate of drug-likeness (QED) is 0.690. The number of hydrogen-bond donors (Lipinski definition) is 2. The van der Waals surface area contributed by atoms with E-state index in [0.717, 1.165) is 11.3 Å². The third-order valence-corrected chi connectivity index (χ3v) is 7.68. The van der Waals surface area contributed by atoms with Crippen molar-refractivity contribution in [2.75, 3.05) is 0 Å². The van der Waals surface area contributed by atoms with E-state index in [0.29, 0.717) is 12.6 Å². The first-order chi connectivity index (χ1) is 9.70. The fraction of sp³-hybridized carbons (Fsp3) is 0.200. The van der Waals surface area contributed by atoms with Crippen molar-refractivity contribution in [3.8, 4) is 0 Å². The molecule has 2 heterocycles.